The molecule has 5 unspecified atom stereocenters. The number of carbonyl (C=O) groups is 3. The molecule has 2 aliphatic rings. The van der Waals surface area contributed by atoms with Gasteiger partial charge < -0.3 is 24.8 Å². The van der Waals surface area contributed by atoms with Gasteiger partial charge in [-0.05, 0) is 55.2 Å². The van der Waals surface area contributed by atoms with Gasteiger partial charge in [0.15, 0.2) is 0 Å². The van der Waals surface area contributed by atoms with Crippen molar-refractivity contribution in [1.29, 1.82) is 0 Å². The van der Waals surface area contributed by atoms with E-state index in [1.165, 1.54) is 5.06 Å². The number of nitrogens with zero attached hydrogens (tertiary/aromatic N) is 2. The molecule has 236 valence electrons. The van der Waals surface area contributed by atoms with E-state index in [0.717, 1.165) is 37.7 Å². The Balaban J connectivity index is 1.73. The van der Waals surface area contributed by atoms with Crippen molar-refractivity contribution in [1.82, 2.24) is 15.3 Å². The van der Waals surface area contributed by atoms with Crippen molar-refractivity contribution in [3.8, 4) is 5.75 Å². The molecule has 2 heterocycles. The SMILES string of the molecule is CCC(C)[C@H](C)C(CC(=O)N1CCCC1C(OC)C(C)C(=O)N[C@@H](Cc1ccc(O)cc1)C(=O)N1CCCCO1)OC. The second-order valence-corrected chi connectivity index (χ2v) is 11.9. The summed E-state index contributed by atoms with van der Waals surface area (Å²) in [6.07, 6.45) is 4.10. The van der Waals surface area contributed by atoms with Crippen LogP contribution in [-0.4, -0.2) is 91.0 Å². The van der Waals surface area contributed by atoms with E-state index in [1.54, 1.807) is 45.4 Å². The monoisotopic (exact) mass is 589 g/mol. The van der Waals surface area contributed by atoms with Crippen LogP contribution in [-0.2, 0) is 35.1 Å². The minimum atomic E-state index is -0.856. The number of hydroxylamine groups is 2. The Hall–Kier alpha value is -2.69. The number of carbonyl (C=O) groups excluding carboxylic acids is 3. The molecule has 3 amide bonds. The number of benzene rings is 1. The number of rotatable bonds is 14. The average Bonchev–Trinajstić information content (AvgIpc) is 3.49. The quantitative estimate of drug-likeness (QED) is 0.340. The molecule has 42 heavy (non-hydrogen) atoms. The Bertz CT molecular complexity index is 1010. The number of amides is 3. The number of hydrogen-bond donors (Lipinski definition) is 2. The zero-order chi connectivity index (χ0) is 30.8. The predicted molar refractivity (Wildman–Crippen MR) is 159 cm³/mol. The van der Waals surface area contributed by atoms with Crippen LogP contribution in [0.5, 0.6) is 5.75 Å². The smallest absolute Gasteiger partial charge is 0.269 e. The molecule has 0 saturated carbocycles. The number of aromatic hydroxyl groups is 1. The maximum Gasteiger partial charge on any atom is 0.269 e. The van der Waals surface area contributed by atoms with Crippen molar-refractivity contribution in [2.75, 3.05) is 33.9 Å². The van der Waals surface area contributed by atoms with Crippen LogP contribution >= 0.6 is 0 Å². The number of phenols is 1. The van der Waals surface area contributed by atoms with Crippen molar-refractivity contribution in [3.05, 3.63) is 29.8 Å². The first-order valence-corrected chi connectivity index (χ1v) is 15.5. The zero-order valence-corrected chi connectivity index (χ0v) is 26.2. The molecule has 0 spiro atoms. The molecular formula is C32H51N3O7. The molecule has 0 radical (unpaired) electrons. The summed E-state index contributed by atoms with van der Waals surface area (Å²) in [4.78, 5) is 48.1. The molecule has 0 aromatic heterocycles. The summed E-state index contributed by atoms with van der Waals surface area (Å²) < 4.78 is 11.6. The van der Waals surface area contributed by atoms with E-state index in [2.05, 4.69) is 26.1 Å². The highest BCUT2D eigenvalue weighted by Gasteiger charge is 2.41. The summed E-state index contributed by atoms with van der Waals surface area (Å²) in [5.41, 5.74) is 0.797. The molecule has 10 nitrogen and oxygen atoms in total. The lowest BCUT2D eigenvalue weighted by molar-refractivity contribution is -0.199. The van der Waals surface area contributed by atoms with Crippen molar-refractivity contribution in [2.24, 2.45) is 17.8 Å². The molecule has 1 aromatic carbocycles. The van der Waals surface area contributed by atoms with Crippen LogP contribution in [0.3, 0.4) is 0 Å². The summed E-state index contributed by atoms with van der Waals surface area (Å²) in [7, 11) is 3.23. The topological polar surface area (TPSA) is 118 Å². The Labute approximate surface area is 251 Å². The van der Waals surface area contributed by atoms with E-state index >= 15 is 0 Å². The van der Waals surface area contributed by atoms with Gasteiger partial charge in [-0.15, -0.1) is 0 Å². The number of hydrogen-bond acceptors (Lipinski definition) is 7. The zero-order valence-electron chi connectivity index (χ0n) is 26.2. The molecule has 2 N–H and O–H groups in total. The lowest BCUT2D eigenvalue weighted by Gasteiger charge is -2.36. The van der Waals surface area contributed by atoms with Gasteiger partial charge in [0.05, 0.1) is 37.2 Å². The molecule has 1 aromatic rings. The summed E-state index contributed by atoms with van der Waals surface area (Å²) in [5, 5.41) is 14.0. The highest BCUT2D eigenvalue weighted by atomic mass is 16.7. The molecule has 7 atom stereocenters. The second kappa shape index (κ2) is 16.2. The Morgan fingerprint density at radius 3 is 2.36 bits per heavy atom. The van der Waals surface area contributed by atoms with Crippen molar-refractivity contribution >= 4 is 17.7 Å². The third-order valence-electron chi connectivity index (χ3n) is 9.22. The number of likely N-dealkylation sites (tertiary alicyclic amines) is 1. The highest BCUT2D eigenvalue weighted by Crippen LogP contribution is 2.29. The minimum Gasteiger partial charge on any atom is -0.508 e. The maximum atomic E-state index is 13.7. The average molecular weight is 590 g/mol. The standard InChI is InChI=1S/C32H51N3O7/c1-7-21(2)22(3)28(40-5)20-29(37)34-16-10-11-27(34)30(41-6)23(4)31(38)33-26(19-24-12-14-25(36)15-13-24)32(39)35-17-8-9-18-42-35/h12-15,21-23,26-28,30,36H,7-11,16-20H2,1-6H3,(H,33,38)/t21?,22-,23?,26-,27?,28?,30?/m0/s1. The molecule has 3 rings (SSSR count). The summed E-state index contributed by atoms with van der Waals surface area (Å²) in [6.45, 7) is 9.77. The van der Waals surface area contributed by atoms with Gasteiger partial charge in [-0.1, -0.05) is 46.2 Å². The van der Waals surface area contributed by atoms with Gasteiger partial charge in [-0.2, -0.15) is 0 Å². The number of ether oxygens (including phenoxy) is 2. The summed E-state index contributed by atoms with van der Waals surface area (Å²) in [6, 6.07) is 5.48. The number of methoxy groups -OCH3 is 2. The summed E-state index contributed by atoms with van der Waals surface area (Å²) >= 11 is 0. The van der Waals surface area contributed by atoms with Gasteiger partial charge in [0.2, 0.25) is 11.8 Å². The molecule has 0 bridgehead atoms. The van der Waals surface area contributed by atoms with Crippen LogP contribution in [0, 0.1) is 17.8 Å². The summed E-state index contributed by atoms with van der Waals surface area (Å²) in [5.74, 6) is -0.449. The fraction of sp³-hybridized carbons (Fsp3) is 0.719. The molecule has 2 fully saturated rings. The first-order chi connectivity index (χ1) is 20.1. The van der Waals surface area contributed by atoms with E-state index in [0.29, 0.717) is 25.6 Å². The van der Waals surface area contributed by atoms with Crippen molar-refractivity contribution in [2.45, 2.75) is 96.9 Å². The van der Waals surface area contributed by atoms with E-state index < -0.39 is 18.1 Å². The first kappa shape index (κ1) is 33.8. The van der Waals surface area contributed by atoms with Crippen LogP contribution in [0.15, 0.2) is 24.3 Å². The molecule has 2 aliphatic heterocycles. The van der Waals surface area contributed by atoms with Gasteiger partial charge in [-0.25, -0.2) is 5.06 Å². The second-order valence-electron chi connectivity index (χ2n) is 11.9. The fourth-order valence-electron chi connectivity index (χ4n) is 6.11. The van der Waals surface area contributed by atoms with Gasteiger partial charge in [-0.3, -0.25) is 19.2 Å². The maximum absolute atomic E-state index is 13.7. The van der Waals surface area contributed by atoms with E-state index in [-0.39, 0.29) is 54.4 Å². The Morgan fingerprint density at radius 1 is 1.05 bits per heavy atom. The number of phenolic OH excluding ortho intramolecular Hbond substituents is 1. The largest absolute Gasteiger partial charge is 0.508 e. The van der Waals surface area contributed by atoms with E-state index in [1.807, 2.05) is 4.90 Å². The third kappa shape index (κ3) is 8.67. The highest BCUT2D eigenvalue weighted by molar-refractivity contribution is 5.88. The molecule has 10 heteroatoms. The Morgan fingerprint density at radius 2 is 1.76 bits per heavy atom. The van der Waals surface area contributed by atoms with Crippen LogP contribution in [0.2, 0.25) is 0 Å². The van der Waals surface area contributed by atoms with E-state index in [4.69, 9.17) is 14.3 Å². The fourth-order valence-corrected chi connectivity index (χ4v) is 6.11. The molecule has 0 aliphatic carbocycles. The Kier molecular flexibility index (Phi) is 13.1. The van der Waals surface area contributed by atoms with Crippen LogP contribution in [0.25, 0.3) is 0 Å². The lowest BCUT2D eigenvalue weighted by Crippen LogP contribution is -2.55. The van der Waals surface area contributed by atoms with Gasteiger partial charge >= 0.3 is 0 Å². The molecular weight excluding hydrogens is 538 g/mol. The predicted octanol–water partition coefficient (Wildman–Crippen LogP) is 3.70. The molecule has 2 saturated heterocycles. The van der Waals surface area contributed by atoms with Gasteiger partial charge in [0.1, 0.15) is 11.8 Å². The van der Waals surface area contributed by atoms with Crippen molar-refractivity contribution < 1.29 is 33.8 Å². The van der Waals surface area contributed by atoms with Gasteiger partial charge in [0, 0.05) is 33.7 Å². The van der Waals surface area contributed by atoms with Crippen LogP contribution in [0.4, 0.5) is 0 Å². The normalized spacial score (nSPS) is 21.7. The lowest BCUT2D eigenvalue weighted by atomic mass is 9.87. The van der Waals surface area contributed by atoms with Crippen LogP contribution in [0.1, 0.15) is 71.8 Å². The third-order valence-corrected chi connectivity index (χ3v) is 9.22. The van der Waals surface area contributed by atoms with Crippen LogP contribution < -0.4 is 5.32 Å². The van der Waals surface area contributed by atoms with Crippen molar-refractivity contribution in [3.63, 3.8) is 0 Å². The van der Waals surface area contributed by atoms with E-state index in [9.17, 15) is 19.5 Å². The first-order valence-electron chi connectivity index (χ1n) is 15.5. The number of nitrogens with one attached hydrogen (secondary N) is 1. The van der Waals surface area contributed by atoms with Gasteiger partial charge in [0.25, 0.3) is 5.91 Å². The minimum absolute atomic E-state index is 0.0109.